The van der Waals surface area contributed by atoms with E-state index >= 15 is 0 Å². The van der Waals surface area contributed by atoms with Crippen LogP contribution in [-0.4, -0.2) is 33.2 Å². The van der Waals surface area contributed by atoms with Crippen LogP contribution in [0.15, 0.2) is 4.90 Å². The van der Waals surface area contributed by atoms with Crippen LogP contribution < -0.4 is 11.1 Å². The Hall–Kier alpha value is -1.29. The molecule has 0 saturated heterocycles. The van der Waals surface area contributed by atoms with Crippen molar-refractivity contribution in [2.24, 2.45) is 5.92 Å². The molecule has 1 aliphatic carbocycles. The maximum absolute atomic E-state index is 12.3. The molecule has 1 saturated carbocycles. The second-order valence-corrected chi connectivity index (χ2v) is 7.86. The maximum atomic E-state index is 12.3. The fourth-order valence-electron chi connectivity index (χ4n) is 1.81. The zero-order valence-corrected chi connectivity index (χ0v) is 12.6. The number of Topliss-reactive ketones (excluding diaryl/α,β-unsaturated/α-hetero) is 1. The number of halogens is 3. The van der Waals surface area contributed by atoms with Crippen LogP contribution in [-0.2, 0) is 9.84 Å². The number of thiophene rings is 1. The van der Waals surface area contributed by atoms with E-state index in [0.29, 0.717) is 24.2 Å². The number of nitrogens with two attached hydrogens (primary N) is 1. The summed E-state index contributed by atoms with van der Waals surface area (Å²) in [6.07, 6.45) is -2.28. The summed E-state index contributed by atoms with van der Waals surface area (Å²) in [7, 11) is -3.85. The Morgan fingerprint density at radius 1 is 1.43 bits per heavy atom. The molecular weight excluding hydrogens is 329 g/mol. The third-order valence-corrected chi connectivity index (χ3v) is 5.36. The molecule has 0 radical (unpaired) electrons. The SMILES string of the molecule is CS(=O)(=O)c1c(NCC(F)(F)F)sc(C(=O)C2CC2)c1N. The van der Waals surface area contributed by atoms with Gasteiger partial charge in [-0.1, -0.05) is 0 Å². The van der Waals surface area contributed by atoms with Crippen LogP contribution in [0.4, 0.5) is 23.9 Å². The molecule has 10 heteroatoms. The van der Waals surface area contributed by atoms with Gasteiger partial charge in [-0.3, -0.25) is 4.79 Å². The van der Waals surface area contributed by atoms with Crippen LogP contribution in [0, 0.1) is 5.92 Å². The smallest absolute Gasteiger partial charge is 0.396 e. The molecule has 0 aliphatic heterocycles. The summed E-state index contributed by atoms with van der Waals surface area (Å²) in [5, 5.41) is 1.78. The zero-order valence-electron chi connectivity index (χ0n) is 11.0. The van der Waals surface area contributed by atoms with E-state index < -0.39 is 27.5 Å². The summed E-state index contributed by atoms with van der Waals surface area (Å²) in [4.78, 5) is 11.6. The second-order valence-electron chi connectivity index (χ2n) is 4.88. The summed E-state index contributed by atoms with van der Waals surface area (Å²) in [5.74, 6) is -0.503. The third-order valence-electron chi connectivity index (χ3n) is 2.89. The van der Waals surface area contributed by atoms with E-state index in [4.69, 9.17) is 5.73 Å². The van der Waals surface area contributed by atoms with E-state index in [1.54, 1.807) is 0 Å². The molecule has 1 fully saturated rings. The number of sulfone groups is 1. The molecule has 0 amide bonds. The monoisotopic (exact) mass is 342 g/mol. The highest BCUT2D eigenvalue weighted by Crippen LogP contribution is 2.43. The summed E-state index contributed by atoms with van der Waals surface area (Å²) in [6.45, 7) is -1.40. The van der Waals surface area contributed by atoms with Crippen LogP contribution in [0.5, 0.6) is 0 Å². The quantitative estimate of drug-likeness (QED) is 0.802. The maximum Gasteiger partial charge on any atom is 0.405 e. The predicted molar refractivity (Wildman–Crippen MR) is 73.4 cm³/mol. The van der Waals surface area contributed by atoms with E-state index in [2.05, 4.69) is 0 Å². The van der Waals surface area contributed by atoms with Gasteiger partial charge in [0.25, 0.3) is 0 Å². The molecule has 3 N–H and O–H groups in total. The van der Waals surface area contributed by atoms with Crippen LogP contribution >= 0.6 is 11.3 Å². The Balaban J connectivity index is 2.42. The van der Waals surface area contributed by atoms with Gasteiger partial charge in [0.2, 0.25) is 0 Å². The van der Waals surface area contributed by atoms with E-state index in [1.807, 2.05) is 5.32 Å². The molecule has 1 heterocycles. The first-order valence-corrected chi connectivity index (χ1v) is 8.68. The van der Waals surface area contributed by atoms with Crippen molar-refractivity contribution in [2.45, 2.75) is 23.9 Å². The Morgan fingerprint density at radius 2 is 2.00 bits per heavy atom. The number of rotatable bonds is 5. The highest BCUT2D eigenvalue weighted by atomic mass is 32.2. The van der Waals surface area contributed by atoms with E-state index in [0.717, 1.165) is 6.26 Å². The summed E-state index contributed by atoms with van der Waals surface area (Å²) in [6, 6.07) is 0. The summed E-state index contributed by atoms with van der Waals surface area (Å²) >= 11 is 0.665. The molecule has 1 aromatic heterocycles. The van der Waals surface area contributed by atoms with Crippen molar-refractivity contribution in [3.05, 3.63) is 4.88 Å². The lowest BCUT2D eigenvalue weighted by Gasteiger charge is -2.09. The lowest BCUT2D eigenvalue weighted by Crippen LogP contribution is -2.21. The number of nitrogens with one attached hydrogen (secondary N) is 1. The first-order chi connectivity index (χ1) is 9.50. The lowest BCUT2D eigenvalue weighted by atomic mass is 10.2. The van der Waals surface area contributed by atoms with Crippen molar-refractivity contribution in [3.8, 4) is 0 Å². The van der Waals surface area contributed by atoms with Gasteiger partial charge in [-0.15, -0.1) is 11.3 Å². The van der Waals surface area contributed by atoms with Crippen molar-refractivity contribution < 1.29 is 26.4 Å². The van der Waals surface area contributed by atoms with E-state index in [9.17, 15) is 26.4 Å². The molecular formula is C11H13F3N2O3S2. The average Bonchev–Trinajstić information content (AvgIpc) is 3.07. The number of carbonyl (C=O) groups is 1. The van der Waals surface area contributed by atoms with Gasteiger partial charge in [-0.05, 0) is 12.8 Å². The highest BCUT2D eigenvalue weighted by Gasteiger charge is 2.36. The molecule has 21 heavy (non-hydrogen) atoms. The van der Waals surface area contributed by atoms with Gasteiger partial charge in [0.05, 0.1) is 10.6 Å². The van der Waals surface area contributed by atoms with E-state index in [1.165, 1.54) is 0 Å². The number of nitrogen functional groups attached to an aromatic ring is 1. The minimum absolute atomic E-state index is 0.0163. The van der Waals surface area contributed by atoms with E-state index in [-0.39, 0.29) is 27.3 Å². The Labute approximate surface area is 123 Å². The van der Waals surface area contributed by atoms with Gasteiger partial charge in [0.1, 0.15) is 16.4 Å². The molecule has 0 unspecified atom stereocenters. The predicted octanol–water partition coefficient (Wildman–Crippen LogP) is 2.30. The molecule has 1 aliphatic rings. The normalized spacial score (nSPS) is 16.0. The van der Waals surface area contributed by atoms with Gasteiger partial charge in [-0.25, -0.2) is 8.42 Å². The Kier molecular flexibility index (Phi) is 3.96. The molecule has 0 spiro atoms. The molecule has 0 aromatic carbocycles. The molecule has 118 valence electrons. The number of hydrogen-bond donors (Lipinski definition) is 2. The summed E-state index contributed by atoms with van der Waals surface area (Å²) < 4.78 is 60.2. The lowest BCUT2D eigenvalue weighted by molar-refractivity contribution is -0.115. The number of alkyl halides is 3. The van der Waals surface area contributed by atoms with Crippen molar-refractivity contribution in [1.82, 2.24) is 0 Å². The fraction of sp³-hybridized carbons (Fsp3) is 0.545. The molecule has 0 bridgehead atoms. The van der Waals surface area contributed by atoms with Crippen molar-refractivity contribution in [2.75, 3.05) is 23.9 Å². The Bertz CT molecular complexity index is 676. The second kappa shape index (κ2) is 5.16. The number of ketones is 1. The van der Waals surface area contributed by atoms with Crippen molar-refractivity contribution >= 4 is 37.6 Å². The first kappa shape index (κ1) is 16.1. The molecule has 2 rings (SSSR count). The van der Waals surface area contributed by atoms with Crippen LogP contribution in [0.3, 0.4) is 0 Å². The van der Waals surface area contributed by atoms with Gasteiger partial charge in [-0.2, -0.15) is 13.2 Å². The van der Waals surface area contributed by atoms with Crippen LogP contribution in [0.25, 0.3) is 0 Å². The highest BCUT2D eigenvalue weighted by molar-refractivity contribution is 7.91. The van der Waals surface area contributed by atoms with Gasteiger partial charge < -0.3 is 11.1 Å². The van der Waals surface area contributed by atoms with Gasteiger partial charge in [0.15, 0.2) is 15.6 Å². The third kappa shape index (κ3) is 3.67. The minimum atomic E-state index is -4.51. The standard InChI is InChI=1S/C11H13F3N2O3S2/c1-21(18,19)9-6(15)8(7(17)5-2-3-5)20-10(9)16-4-11(12,13)14/h5,16H,2-4,15H2,1H3. The van der Waals surface area contributed by atoms with Crippen LogP contribution in [0.1, 0.15) is 22.5 Å². The zero-order chi connectivity index (χ0) is 16.0. The van der Waals surface area contributed by atoms with Gasteiger partial charge in [0, 0.05) is 12.2 Å². The number of carbonyl (C=O) groups excluding carboxylic acids is 1. The van der Waals surface area contributed by atoms with Crippen LogP contribution in [0.2, 0.25) is 0 Å². The topological polar surface area (TPSA) is 89.3 Å². The minimum Gasteiger partial charge on any atom is -0.396 e. The number of hydrogen-bond acceptors (Lipinski definition) is 6. The first-order valence-electron chi connectivity index (χ1n) is 5.98. The molecule has 0 atom stereocenters. The summed E-state index contributed by atoms with van der Waals surface area (Å²) in [5.41, 5.74) is 5.43. The fourth-order valence-corrected chi connectivity index (χ4v) is 4.39. The molecule has 5 nitrogen and oxygen atoms in total. The van der Waals surface area contributed by atoms with Crippen molar-refractivity contribution in [3.63, 3.8) is 0 Å². The number of anilines is 2. The van der Waals surface area contributed by atoms with Gasteiger partial charge >= 0.3 is 6.18 Å². The Morgan fingerprint density at radius 3 is 2.43 bits per heavy atom. The van der Waals surface area contributed by atoms with Crippen molar-refractivity contribution in [1.29, 1.82) is 0 Å². The average molecular weight is 342 g/mol. The molecule has 1 aromatic rings. The largest absolute Gasteiger partial charge is 0.405 e.